The molecule has 0 aliphatic rings. The summed E-state index contributed by atoms with van der Waals surface area (Å²) in [4.78, 5) is 12.4. The molecule has 1 heterocycles. The van der Waals surface area contributed by atoms with Gasteiger partial charge in [0.15, 0.2) is 5.69 Å². The van der Waals surface area contributed by atoms with Crippen molar-refractivity contribution in [1.29, 1.82) is 5.41 Å². The molecule has 27 heavy (non-hydrogen) atoms. The van der Waals surface area contributed by atoms with E-state index in [0.717, 1.165) is 22.2 Å². The number of rotatable bonds is 4. The summed E-state index contributed by atoms with van der Waals surface area (Å²) in [6.45, 7) is 4.37. The van der Waals surface area contributed by atoms with Crippen LogP contribution in [0.25, 0.3) is 10.9 Å². The Morgan fingerprint density at radius 2 is 1.85 bits per heavy atom. The average molecular weight is 404 g/mol. The Morgan fingerprint density at radius 1 is 1.15 bits per heavy atom. The lowest BCUT2D eigenvalue weighted by atomic mass is 10.0. The number of amides is 1. The first-order chi connectivity index (χ1) is 12.8. The van der Waals surface area contributed by atoms with E-state index in [4.69, 9.17) is 28.6 Å². The van der Waals surface area contributed by atoms with Crippen molar-refractivity contribution in [2.24, 2.45) is 0 Å². The van der Waals surface area contributed by atoms with Crippen molar-refractivity contribution < 1.29 is 4.79 Å². The van der Waals surface area contributed by atoms with Crippen LogP contribution in [0.4, 0.5) is 0 Å². The number of hydrogen-bond donors (Lipinski definition) is 3. The van der Waals surface area contributed by atoms with Crippen LogP contribution in [-0.2, 0) is 6.54 Å². The molecule has 3 N–H and O–H groups in total. The monoisotopic (exact) mass is 403 g/mol. The number of benzene rings is 2. The van der Waals surface area contributed by atoms with E-state index < -0.39 is 5.91 Å². The molecule has 0 fully saturated rings. The SMILES string of the molecule is CNNC(=O)c1nn(Cc2ccc(Cl)c(Cl)c2)c2cc(C)c(C)cc2c1=N. The van der Waals surface area contributed by atoms with Crippen LogP contribution in [0.15, 0.2) is 30.3 Å². The van der Waals surface area contributed by atoms with E-state index in [1.807, 2.05) is 32.0 Å². The van der Waals surface area contributed by atoms with Crippen LogP contribution < -0.4 is 16.2 Å². The lowest BCUT2D eigenvalue weighted by molar-refractivity contribution is 0.0929. The van der Waals surface area contributed by atoms with Gasteiger partial charge in [-0.3, -0.25) is 20.3 Å². The summed E-state index contributed by atoms with van der Waals surface area (Å²) in [7, 11) is 1.58. The Labute approximate surface area is 166 Å². The lowest BCUT2D eigenvalue weighted by Crippen LogP contribution is -2.38. The number of halogens is 2. The summed E-state index contributed by atoms with van der Waals surface area (Å²) in [6.07, 6.45) is 0. The van der Waals surface area contributed by atoms with E-state index >= 15 is 0 Å². The van der Waals surface area contributed by atoms with Gasteiger partial charge in [0.2, 0.25) is 0 Å². The van der Waals surface area contributed by atoms with E-state index in [1.165, 1.54) is 0 Å². The van der Waals surface area contributed by atoms with Gasteiger partial charge in [-0.15, -0.1) is 0 Å². The number of nitrogens with one attached hydrogen (secondary N) is 3. The second-order valence-corrected chi connectivity index (χ2v) is 7.10. The van der Waals surface area contributed by atoms with Gasteiger partial charge in [0.1, 0.15) is 0 Å². The summed E-state index contributed by atoms with van der Waals surface area (Å²) in [5.74, 6) is -0.467. The molecular formula is C19H19Cl2N5O. The fourth-order valence-corrected chi connectivity index (χ4v) is 3.15. The number of hydrogen-bond acceptors (Lipinski definition) is 4. The number of carbonyl (C=O) groups is 1. The van der Waals surface area contributed by atoms with Crippen molar-refractivity contribution in [2.75, 3.05) is 7.05 Å². The number of hydrazine groups is 1. The highest BCUT2D eigenvalue weighted by atomic mass is 35.5. The molecule has 0 saturated heterocycles. The number of nitrogens with zero attached hydrogens (tertiary/aromatic N) is 2. The Morgan fingerprint density at radius 3 is 2.52 bits per heavy atom. The standard InChI is InChI=1S/C19H19Cl2N5O/c1-10-6-13-16(7-11(10)2)26(9-12-4-5-14(20)15(21)8-12)25-18(17(13)22)19(27)24-23-3/h4-8,22-23H,9H2,1-3H3,(H,24,27). The number of aromatic nitrogens is 2. The quantitative estimate of drug-likeness (QED) is 0.584. The Bertz CT molecular complexity index is 1110. The second-order valence-electron chi connectivity index (χ2n) is 6.29. The average Bonchev–Trinajstić information content (AvgIpc) is 2.62. The van der Waals surface area contributed by atoms with Crippen molar-refractivity contribution in [1.82, 2.24) is 20.6 Å². The third-order valence-electron chi connectivity index (χ3n) is 4.39. The molecule has 0 unspecified atom stereocenters. The number of aryl methyl sites for hydroxylation is 2. The molecule has 3 aromatic rings. The highest BCUT2D eigenvalue weighted by Gasteiger charge is 2.16. The minimum absolute atomic E-state index is 0.0418. The minimum atomic E-state index is -0.467. The topological polar surface area (TPSA) is 82.8 Å². The smallest absolute Gasteiger partial charge is 0.288 e. The predicted molar refractivity (Wildman–Crippen MR) is 107 cm³/mol. The largest absolute Gasteiger partial charge is 0.298 e. The predicted octanol–water partition coefficient (Wildman–Crippen LogP) is 3.35. The summed E-state index contributed by atoms with van der Waals surface area (Å²) < 4.78 is 1.71. The third kappa shape index (κ3) is 3.83. The summed E-state index contributed by atoms with van der Waals surface area (Å²) in [5, 5.41) is 14.6. The maximum absolute atomic E-state index is 12.4. The van der Waals surface area contributed by atoms with E-state index in [1.54, 1.807) is 23.9 Å². The van der Waals surface area contributed by atoms with E-state index in [9.17, 15) is 4.79 Å². The van der Waals surface area contributed by atoms with Crippen LogP contribution in [0.2, 0.25) is 10.0 Å². The fraction of sp³-hybridized carbons (Fsp3) is 0.211. The molecule has 3 rings (SSSR count). The van der Waals surface area contributed by atoms with Gasteiger partial charge in [-0.1, -0.05) is 29.3 Å². The summed E-state index contributed by atoms with van der Waals surface area (Å²) >= 11 is 12.1. The zero-order valence-electron chi connectivity index (χ0n) is 15.2. The molecule has 0 atom stereocenters. The molecule has 0 spiro atoms. The zero-order valence-corrected chi connectivity index (χ0v) is 16.7. The van der Waals surface area contributed by atoms with Crippen molar-refractivity contribution in [3.63, 3.8) is 0 Å². The Hall–Kier alpha value is -2.41. The molecular weight excluding hydrogens is 385 g/mol. The van der Waals surface area contributed by atoms with Crippen molar-refractivity contribution >= 4 is 40.0 Å². The third-order valence-corrected chi connectivity index (χ3v) is 5.13. The molecule has 140 valence electrons. The fourth-order valence-electron chi connectivity index (χ4n) is 2.83. The Kier molecular flexibility index (Phi) is 5.51. The molecule has 0 saturated carbocycles. The molecule has 0 radical (unpaired) electrons. The molecule has 0 aliphatic carbocycles. The maximum Gasteiger partial charge on any atom is 0.288 e. The van der Waals surface area contributed by atoms with Crippen LogP contribution in [0.5, 0.6) is 0 Å². The lowest BCUT2D eigenvalue weighted by Gasteiger charge is -2.15. The normalized spacial score (nSPS) is 11.0. The maximum atomic E-state index is 12.4. The minimum Gasteiger partial charge on any atom is -0.298 e. The molecule has 0 aliphatic heterocycles. The summed E-state index contributed by atoms with van der Waals surface area (Å²) in [6, 6.07) is 9.25. The highest BCUT2D eigenvalue weighted by molar-refractivity contribution is 6.42. The molecule has 6 nitrogen and oxygen atoms in total. The van der Waals surface area contributed by atoms with Gasteiger partial charge < -0.3 is 0 Å². The van der Waals surface area contributed by atoms with Gasteiger partial charge in [-0.2, -0.15) is 5.10 Å². The second kappa shape index (κ2) is 7.68. The van der Waals surface area contributed by atoms with Gasteiger partial charge >= 0.3 is 0 Å². The van der Waals surface area contributed by atoms with E-state index in [2.05, 4.69) is 16.0 Å². The number of fused-ring (bicyclic) bond motifs is 1. The first-order valence-corrected chi connectivity index (χ1v) is 9.05. The van der Waals surface area contributed by atoms with Crippen LogP contribution in [0.1, 0.15) is 27.2 Å². The van der Waals surface area contributed by atoms with Crippen molar-refractivity contribution in [2.45, 2.75) is 20.4 Å². The molecule has 0 bridgehead atoms. The number of carbonyl (C=O) groups excluding carboxylic acids is 1. The Balaban J connectivity index is 2.23. The van der Waals surface area contributed by atoms with Crippen molar-refractivity contribution in [3.8, 4) is 0 Å². The van der Waals surface area contributed by atoms with Gasteiger partial charge in [0.05, 0.1) is 27.5 Å². The summed E-state index contributed by atoms with van der Waals surface area (Å²) in [5.41, 5.74) is 8.89. The van der Waals surface area contributed by atoms with Gasteiger partial charge in [-0.25, -0.2) is 5.43 Å². The van der Waals surface area contributed by atoms with Crippen LogP contribution in [0, 0.1) is 19.3 Å². The first kappa shape index (κ1) is 19.4. The van der Waals surface area contributed by atoms with Gasteiger partial charge in [0.25, 0.3) is 5.91 Å². The van der Waals surface area contributed by atoms with Crippen LogP contribution >= 0.6 is 23.2 Å². The molecule has 2 aromatic carbocycles. The van der Waals surface area contributed by atoms with Gasteiger partial charge in [0, 0.05) is 12.4 Å². The van der Waals surface area contributed by atoms with Gasteiger partial charge in [-0.05, 0) is 54.8 Å². The van der Waals surface area contributed by atoms with Crippen LogP contribution in [0.3, 0.4) is 0 Å². The van der Waals surface area contributed by atoms with E-state index in [0.29, 0.717) is 22.0 Å². The highest BCUT2D eigenvalue weighted by Crippen LogP contribution is 2.24. The zero-order chi connectivity index (χ0) is 19.7. The van der Waals surface area contributed by atoms with E-state index in [-0.39, 0.29) is 11.1 Å². The molecule has 1 amide bonds. The van der Waals surface area contributed by atoms with Crippen molar-refractivity contribution in [3.05, 3.63) is 68.1 Å². The van der Waals surface area contributed by atoms with Crippen LogP contribution in [-0.4, -0.2) is 22.7 Å². The first-order valence-electron chi connectivity index (χ1n) is 8.29. The molecule has 1 aromatic heterocycles. The molecule has 8 heteroatoms.